The maximum Gasteiger partial charge on any atom is 0.238 e. The number of hydrogen-bond acceptors (Lipinski definition) is 3. The fourth-order valence-corrected chi connectivity index (χ4v) is 2.19. The van der Waals surface area contributed by atoms with Gasteiger partial charge in [0.15, 0.2) is 0 Å². The largest absolute Gasteiger partial charge is 0.326 e. The third-order valence-corrected chi connectivity index (χ3v) is 3.52. The van der Waals surface area contributed by atoms with Crippen LogP contribution in [0.5, 0.6) is 0 Å². The van der Waals surface area contributed by atoms with Crippen molar-refractivity contribution in [2.24, 2.45) is 5.73 Å². The van der Waals surface area contributed by atoms with Gasteiger partial charge in [-0.15, -0.1) is 0 Å². The lowest BCUT2D eigenvalue weighted by Gasteiger charge is -2.10. The molecule has 0 spiro atoms. The molecule has 0 heterocycles. The summed E-state index contributed by atoms with van der Waals surface area (Å²) in [6.45, 7) is -0.135. The predicted molar refractivity (Wildman–Crippen MR) is 92.5 cm³/mol. The van der Waals surface area contributed by atoms with Crippen LogP contribution in [-0.4, -0.2) is 18.4 Å². The third-order valence-electron chi connectivity index (χ3n) is 3.19. The third kappa shape index (κ3) is 5.39. The van der Waals surface area contributed by atoms with Gasteiger partial charge in [-0.3, -0.25) is 9.59 Å². The van der Waals surface area contributed by atoms with Crippen molar-refractivity contribution in [2.45, 2.75) is 12.8 Å². The zero-order valence-corrected chi connectivity index (χ0v) is 13.3. The Hall–Kier alpha value is -2.37. The highest BCUT2D eigenvalue weighted by atomic mass is 35.5. The highest BCUT2D eigenvalue weighted by Gasteiger charge is 2.08. The molecular formula is C17H18ClN3O2. The van der Waals surface area contributed by atoms with Crippen LogP contribution in [-0.2, 0) is 16.0 Å². The van der Waals surface area contributed by atoms with E-state index in [1.807, 2.05) is 30.3 Å². The van der Waals surface area contributed by atoms with Gasteiger partial charge in [0.1, 0.15) is 0 Å². The van der Waals surface area contributed by atoms with Crippen molar-refractivity contribution in [1.82, 2.24) is 0 Å². The van der Waals surface area contributed by atoms with Crippen molar-refractivity contribution < 1.29 is 9.59 Å². The van der Waals surface area contributed by atoms with Crippen LogP contribution >= 0.6 is 11.6 Å². The van der Waals surface area contributed by atoms with E-state index in [9.17, 15) is 9.59 Å². The van der Waals surface area contributed by atoms with E-state index in [1.54, 1.807) is 18.2 Å². The first-order valence-corrected chi connectivity index (χ1v) is 7.59. The molecule has 0 bridgehead atoms. The van der Waals surface area contributed by atoms with Crippen LogP contribution in [0.2, 0.25) is 5.02 Å². The average molecular weight is 332 g/mol. The molecule has 0 atom stereocenters. The van der Waals surface area contributed by atoms with Gasteiger partial charge in [0.25, 0.3) is 0 Å². The van der Waals surface area contributed by atoms with Gasteiger partial charge in [0.2, 0.25) is 11.8 Å². The molecule has 0 radical (unpaired) electrons. The molecule has 4 N–H and O–H groups in total. The van der Waals surface area contributed by atoms with Crippen LogP contribution in [0, 0.1) is 0 Å². The minimum absolute atomic E-state index is 0.104. The number of nitrogens with two attached hydrogens (primary N) is 1. The first-order valence-electron chi connectivity index (χ1n) is 7.21. The summed E-state index contributed by atoms with van der Waals surface area (Å²) in [5, 5.41) is 5.76. The fraction of sp³-hybridized carbons (Fsp3) is 0.176. The molecule has 2 aromatic carbocycles. The molecule has 120 valence electrons. The zero-order chi connectivity index (χ0) is 16.7. The molecule has 0 aromatic heterocycles. The number of carbonyl (C=O) groups is 2. The Kier molecular flexibility index (Phi) is 6.14. The summed E-state index contributed by atoms with van der Waals surface area (Å²) < 4.78 is 0. The van der Waals surface area contributed by atoms with Crippen LogP contribution in [0.25, 0.3) is 0 Å². The molecule has 0 saturated carbocycles. The number of aryl methyl sites for hydroxylation is 1. The Labute approximate surface area is 139 Å². The van der Waals surface area contributed by atoms with E-state index in [4.69, 9.17) is 17.3 Å². The van der Waals surface area contributed by atoms with E-state index in [0.717, 1.165) is 5.56 Å². The van der Waals surface area contributed by atoms with Crippen LogP contribution in [0.15, 0.2) is 48.5 Å². The minimum Gasteiger partial charge on any atom is -0.326 e. The summed E-state index contributed by atoms with van der Waals surface area (Å²) in [5.41, 5.74) is 7.35. The smallest absolute Gasteiger partial charge is 0.238 e. The second-order valence-electron chi connectivity index (χ2n) is 4.98. The topological polar surface area (TPSA) is 84.2 Å². The van der Waals surface area contributed by atoms with Gasteiger partial charge in [0, 0.05) is 12.1 Å². The predicted octanol–water partition coefficient (Wildman–Crippen LogP) is 2.81. The van der Waals surface area contributed by atoms with E-state index < -0.39 is 0 Å². The van der Waals surface area contributed by atoms with Crippen molar-refractivity contribution in [3.05, 3.63) is 59.1 Å². The molecule has 2 amide bonds. The summed E-state index contributed by atoms with van der Waals surface area (Å²) >= 11 is 6.01. The number of halogens is 1. The Morgan fingerprint density at radius 3 is 2.43 bits per heavy atom. The highest BCUT2D eigenvalue weighted by Crippen LogP contribution is 2.25. The van der Waals surface area contributed by atoms with Gasteiger partial charge >= 0.3 is 0 Å². The summed E-state index contributed by atoms with van der Waals surface area (Å²) in [5.74, 6) is -0.452. The van der Waals surface area contributed by atoms with E-state index in [1.165, 1.54) is 0 Å². The molecule has 2 aromatic rings. The van der Waals surface area contributed by atoms with Crippen LogP contribution in [0.4, 0.5) is 11.4 Å². The number of anilines is 2. The van der Waals surface area contributed by atoms with Gasteiger partial charge in [-0.05, 0) is 30.2 Å². The number of nitrogens with one attached hydrogen (secondary N) is 2. The maximum absolute atomic E-state index is 12.0. The second kappa shape index (κ2) is 8.31. The second-order valence-corrected chi connectivity index (χ2v) is 5.39. The summed E-state index contributed by atoms with van der Waals surface area (Å²) in [6, 6.07) is 14.7. The Morgan fingerprint density at radius 1 is 1.00 bits per heavy atom. The van der Waals surface area contributed by atoms with Crippen molar-refractivity contribution in [3.8, 4) is 0 Å². The lowest BCUT2D eigenvalue weighted by Crippen LogP contribution is -2.22. The van der Waals surface area contributed by atoms with Gasteiger partial charge in [-0.2, -0.15) is 0 Å². The standard InChI is InChI=1S/C17H18ClN3O2/c18-14-8-7-13(10-15(14)21-17(23)11-19)20-16(22)9-6-12-4-2-1-3-5-12/h1-5,7-8,10H,6,9,11,19H2,(H,20,22)(H,21,23). The first kappa shape index (κ1) is 17.0. The normalized spacial score (nSPS) is 10.2. The van der Waals surface area contributed by atoms with Crippen molar-refractivity contribution in [3.63, 3.8) is 0 Å². The first-order chi connectivity index (χ1) is 11.1. The molecule has 0 unspecified atom stereocenters. The van der Waals surface area contributed by atoms with Crippen molar-refractivity contribution in [1.29, 1.82) is 0 Å². The van der Waals surface area contributed by atoms with Gasteiger partial charge in [0.05, 0.1) is 17.3 Å². The maximum atomic E-state index is 12.0. The Bertz CT molecular complexity index is 689. The Balaban J connectivity index is 1.95. The van der Waals surface area contributed by atoms with E-state index >= 15 is 0 Å². The quantitative estimate of drug-likeness (QED) is 0.761. The molecular weight excluding hydrogens is 314 g/mol. The van der Waals surface area contributed by atoms with Gasteiger partial charge in [-0.1, -0.05) is 41.9 Å². The highest BCUT2D eigenvalue weighted by molar-refractivity contribution is 6.33. The average Bonchev–Trinajstić information content (AvgIpc) is 2.57. The molecule has 0 saturated heterocycles. The van der Waals surface area contributed by atoms with Gasteiger partial charge in [-0.25, -0.2) is 0 Å². The lowest BCUT2D eigenvalue weighted by molar-refractivity contribution is -0.116. The molecule has 23 heavy (non-hydrogen) atoms. The van der Waals surface area contributed by atoms with Crippen LogP contribution in [0.3, 0.4) is 0 Å². The van der Waals surface area contributed by atoms with Crippen LogP contribution in [0.1, 0.15) is 12.0 Å². The number of amides is 2. The fourth-order valence-electron chi connectivity index (χ4n) is 2.03. The molecule has 0 fully saturated rings. The molecule has 5 nitrogen and oxygen atoms in total. The monoisotopic (exact) mass is 331 g/mol. The van der Waals surface area contributed by atoms with Crippen molar-refractivity contribution in [2.75, 3.05) is 17.2 Å². The molecule has 0 aliphatic rings. The molecule has 0 aliphatic heterocycles. The minimum atomic E-state index is -0.348. The lowest BCUT2D eigenvalue weighted by atomic mass is 10.1. The van der Waals surface area contributed by atoms with E-state index in [0.29, 0.717) is 29.2 Å². The summed E-state index contributed by atoms with van der Waals surface area (Å²) in [4.78, 5) is 23.4. The molecule has 2 rings (SSSR count). The van der Waals surface area contributed by atoms with Gasteiger partial charge < -0.3 is 16.4 Å². The zero-order valence-electron chi connectivity index (χ0n) is 12.5. The summed E-state index contributed by atoms with van der Waals surface area (Å²) in [7, 11) is 0. The summed E-state index contributed by atoms with van der Waals surface area (Å²) in [6.07, 6.45) is 1.04. The number of carbonyl (C=O) groups excluding carboxylic acids is 2. The molecule has 0 aliphatic carbocycles. The van der Waals surface area contributed by atoms with E-state index in [2.05, 4.69) is 10.6 Å². The SMILES string of the molecule is NCC(=O)Nc1cc(NC(=O)CCc2ccccc2)ccc1Cl. The Morgan fingerprint density at radius 2 is 1.74 bits per heavy atom. The van der Waals surface area contributed by atoms with Crippen LogP contribution < -0.4 is 16.4 Å². The van der Waals surface area contributed by atoms with E-state index in [-0.39, 0.29) is 18.4 Å². The number of benzene rings is 2. The number of rotatable bonds is 6. The van der Waals surface area contributed by atoms with Crippen molar-refractivity contribution >= 4 is 34.8 Å². The number of hydrogen-bond donors (Lipinski definition) is 3. The molecule has 6 heteroatoms.